The molecule has 0 bridgehead atoms. The number of hydrogen-bond acceptors (Lipinski definition) is 6. The molecule has 102 valence electrons. The maximum atomic E-state index is 12.3. The number of nitrogens with one attached hydrogen (secondary N) is 1. The van der Waals surface area contributed by atoms with Gasteiger partial charge >= 0.3 is 0 Å². The molecule has 6 nitrogen and oxygen atoms in total. The Bertz CT molecular complexity index is 547. The van der Waals surface area contributed by atoms with Gasteiger partial charge in [-0.05, 0) is 20.3 Å². The second-order valence-corrected chi connectivity index (χ2v) is 7.56. The lowest BCUT2D eigenvalue weighted by Gasteiger charge is -2.29. The third kappa shape index (κ3) is 2.12. The molecule has 2 saturated heterocycles. The van der Waals surface area contributed by atoms with E-state index in [9.17, 15) is 9.59 Å². The van der Waals surface area contributed by atoms with Crippen LogP contribution < -0.4 is 5.32 Å². The third-order valence-electron chi connectivity index (χ3n) is 3.50. The average Bonchev–Trinajstić information content (AvgIpc) is 2.97. The molecular weight excluding hydrogens is 284 g/mol. The van der Waals surface area contributed by atoms with Gasteiger partial charge in [-0.25, -0.2) is 0 Å². The zero-order valence-electron chi connectivity index (χ0n) is 10.7. The monoisotopic (exact) mass is 298 g/mol. The van der Waals surface area contributed by atoms with Crippen LogP contribution in [0, 0.1) is 6.92 Å². The molecule has 8 heteroatoms. The number of fused-ring (bicyclic) bond motifs is 1. The number of thioether (sulfide) groups is 1. The van der Waals surface area contributed by atoms with Gasteiger partial charge in [-0.1, -0.05) is 11.3 Å². The van der Waals surface area contributed by atoms with Gasteiger partial charge in [0.25, 0.3) is 0 Å². The Kier molecular flexibility index (Phi) is 3.01. The van der Waals surface area contributed by atoms with Gasteiger partial charge in [-0.3, -0.25) is 14.9 Å². The minimum atomic E-state index is -0.394. The number of nitrogens with zero attached hydrogens (tertiary/aromatic N) is 3. The van der Waals surface area contributed by atoms with Gasteiger partial charge in [0.05, 0.1) is 4.87 Å². The molecule has 0 aliphatic carbocycles. The Morgan fingerprint density at radius 1 is 1.53 bits per heavy atom. The summed E-state index contributed by atoms with van der Waals surface area (Å²) in [6.07, 6.45) is 1.35. The van der Waals surface area contributed by atoms with E-state index in [0.717, 1.165) is 11.4 Å². The molecule has 0 saturated carbocycles. The summed E-state index contributed by atoms with van der Waals surface area (Å²) in [6.45, 7) is 3.87. The predicted octanol–water partition coefficient (Wildman–Crippen LogP) is 1.24. The molecule has 2 atom stereocenters. The van der Waals surface area contributed by atoms with E-state index in [4.69, 9.17) is 0 Å². The predicted molar refractivity (Wildman–Crippen MR) is 74.0 cm³/mol. The first-order chi connectivity index (χ1) is 8.99. The lowest BCUT2D eigenvalue weighted by molar-refractivity contribution is -0.135. The highest BCUT2D eigenvalue weighted by molar-refractivity contribution is 8.01. The maximum Gasteiger partial charge on any atom is 0.249 e. The number of rotatable bonds is 2. The molecule has 0 aromatic carbocycles. The van der Waals surface area contributed by atoms with Crippen LogP contribution >= 0.6 is 23.1 Å². The second kappa shape index (κ2) is 4.45. The van der Waals surface area contributed by atoms with E-state index >= 15 is 0 Å². The molecule has 3 rings (SSSR count). The normalized spacial score (nSPS) is 29.7. The van der Waals surface area contributed by atoms with E-state index in [2.05, 4.69) is 15.5 Å². The molecule has 2 amide bonds. The van der Waals surface area contributed by atoms with Crippen LogP contribution in [0.2, 0.25) is 0 Å². The summed E-state index contributed by atoms with van der Waals surface area (Å²) in [6, 6.07) is -0.394. The molecule has 2 aliphatic rings. The quantitative estimate of drug-likeness (QED) is 0.889. The van der Waals surface area contributed by atoms with Crippen LogP contribution in [0.15, 0.2) is 0 Å². The van der Waals surface area contributed by atoms with E-state index in [1.165, 1.54) is 11.3 Å². The number of amides is 2. The number of carbonyl (C=O) groups excluding carboxylic acids is 2. The molecule has 1 aromatic heterocycles. The van der Waals surface area contributed by atoms with Crippen molar-refractivity contribution in [3.8, 4) is 0 Å². The molecular formula is C11H14N4O2S2. The van der Waals surface area contributed by atoms with Gasteiger partial charge in [0.15, 0.2) is 0 Å². The minimum absolute atomic E-state index is 0.0705. The Hall–Kier alpha value is -1.15. The fourth-order valence-electron chi connectivity index (χ4n) is 2.55. The highest BCUT2D eigenvalue weighted by Gasteiger charge is 2.52. The van der Waals surface area contributed by atoms with Gasteiger partial charge < -0.3 is 4.90 Å². The summed E-state index contributed by atoms with van der Waals surface area (Å²) in [5, 5.41) is 11.8. The van der Waals surface area contributed by atoms with Crippen molar-refractivity contribution in [2.45, 2.75) is 37.6 Å². The largest absolute Gasteiger partial charge is 0.315 e. The fraction of sp³-hybridized carbons (Fsp3) is 0.636. The minimum Gasteiger partial charge on any atom is -0.315 e. The molecule has 2 fully saturated rings. The molecule has 1 N–H and O–H groups in total. The maximum absolute atomic E-state index is 12.3. The Labute approximate surface area is 119 Å². The van der Waals surface area contributed by atoms with Crippen molar-refractivity contribution in [1.29, 1.82) is 0 Å². The second-order valence-electron chi connectivity index (χ2n) is 4.88. The topological polar surface area (TPSA) is 75.2 Å². The smallest absolute Gasteiger partial charge is 0.249 e. The van der Waals surface area contributed by atoms with E-state index < -0.39 is 6.04 Å². The summed E-state index contributed by atoms with van der Waals surface area (Å²) in [5.74, 6) is 0.551. The summed E-state index contributed by atoms with van der Waals surface area (Å²) in [7, 11) is 0. The van der Waals surface area contributed by atoms with Crippen molar-refractivity contribution in [1.82, 2.24) is 15.1 Å². The molecule has 19 heavy (non-hydrogen) atoms. The van der Waals surface area contributed by atoms with Crippen LogP contribution in [0.5, 0.6) is 0 Å². The van der Waals surface area contributed by atoms with Gasteiger partial charge in [0.2, 0.25) is 16.9 Å². The van der Waals surface area contributed by atoms with Crippen LogP contribution in [-0.4, -0.2) is 43.6 Å². The van der Waals surface area contributed by atoms with Crippen molar-refractivity contribution >= 4 is 40.0 Å². The first-order valence-electron chi connectivity index (χ1n) is 6.07. The van der Waals surface area contributed by atoms with Gasteiger partial charge in [-0.15, -0.1) is 22.0 Å². The van der Waals surface area contributed by atoms with Crippen molar-refractivity contribution in [2.24, 2.45) is 0 Å². The molecule has 3 heterocycles. The van der Waals surface area contributed by atoms with Crippen molar-refractivity contribution in [3.05, 3.63) is 5.01 Å². The highest BCUT2D eigenvalue weighted by Crippen LogP contribution is 2.47. The summed E-state index contributed by atoms with van der Waals surface area (Å²) in [4.78, 5) is 25.7. The highest BCUT2D eigenvalue weighted by atomic mass is 32.2. The lowest BCUT2D eigenvalue weighted by Crippen LogP contribution is -2.48. The fourth-order valence-corrected chi connectivity index (χ4v) is 4.58. The van der Waals surface area contributed by atoms with Crippen molar-refractivity contribution < 1.29 is 9.59 Å². The number of carbonyl (C=O) groups is 2. The van der Waals surface area contributed by atoms with Crippen LogP contribution in [-0.2, 0) is 9.59 Å². The SMILES string of the molecule is Cc1nnc(NC(=O)C2CSC3(C)CCC(=O)N23)s1. The van der Waals surface area contributed by atoms with E-state index in [1.54, 1.807) is 16.7 Å². The Morgan fingerprint density at radius 2 is 2.32 bits per heavy atom. The van der Waals surface area contributed by atoms with Crippen LogP contribution in [0.25, 0.3) is 0 Å². The van der Waals surface area contributed by atoms with E-state index in [0.29, 0.717) is 17.3 Å². The van der Waals surface area contributed by atoms with E-state index in [1.807, 2.05) is 13.8 Å². The summed E-state index contributed by atoms with van der Waals surface area (Å²) >= 11 is 3.02. The van der Waals surface area contributed by atoms with Crippen LogP contribution in [0.1, 0.15) is 24.8 Å². The van der Waals surface area contributed by atoms with Gasteiger partial charge in [-0.2, -0.15) is 0 Å². The standard InChI is InChI=1S/C11H14N4O2S2/c1-6-13-14-10(19-6)12-9(17)7-5-18-11(2)4-3-8(16)15(7)11/h7H,3-5H2,1-2H3,(H,12,14,17). The molecule has 0 radical (unpaired) electrons. The first kappa shape index (κ1) is 12.9. The zero-order valence-corrected chi connectivity index (χ0v) is 12.3. The van der Waals surface area contributed by atoms with E-state index in [-0.39, 0.29) is 16.7 Å². The molecule has 1 aromatic rings. The summed E-state index contributed by atoms with van der Waals surface area (Å²) < 4.78 is 0. The third-order valence-corrected chi connectivity index (χ3v) is 5.76. The van der Waals surface area contributed by atoms with Crippen LogP contribution in [0.3, 0.4) is 0 Å². The first-order valence-corrected chi connectivity index (χ1v) is 7.87. The number of hydrogen-bond donors (Lipinski definition) is 1. The number of anilines is 1. The Morgan fingerprint density at radius 3 is 3.00 bits per heavy atom. The van der Waals surface area contributed by atoms with Crippen LogP contribution in [0.4, 0.5) is 5.13 Å². The lowest BCUT2D eigenvalue weighted by atomic mass is 10.2. The molecule has 2 unspecified atom stereocenters. The van der Waals surface area contributed by atoms with Gasteiger partial charge in [0, 0.05) is 12.2 Å². The summed E-state index contributed by atoms with van der Waals surface area (Å²) in [5.41, 5.74) is 0. The number of aryl methyl sites for hydroxylation is 1. The van der Waals surface area contributed by atoms with Crippen molar-refractivity contribution in [3.63, 3.8) is 0 Å². The molecule has 2 aliphatic heterocycles. The van der Waals surface area contributed by atoms with Gasteiger partial charge in [0.1, 0.15) is 11.0 Å². The molecule has 0 spiro atoms. The number of aromatic nitrogens is 2. The average molecular weight is 298 g/mol. The van der Waals surface area contributed by atoms with Crippen molar-refractivity contribution in [2.75, 3.05) is 11.1 Å². The Balaban J connectivity index is 1.76. The zero-order chi connectivity index (χ0) is 13.6.